The fraction of sp³-hybridized carbons (Fsp3) is 0. The van der Waals surface area contributed by atoms with Gasteiger partial charge in [0.25, 0.3) is 0 Å². The number of rotatable bonds is 2. The van der Waals surface area contributed by atoms with Gasteiger partial charge < -0.3 is 4.52 Å². The minimum Gasteiger partial charge on any atom is -0.354 e. The molecule has 0 bridgehead atoms. The highest BCUT2D eigenvalue weighted by molar-refractivity contribution is 9.10. The number of benzene rings is 1. The number of halogens is 2. The predicted molar refractivity (Wildman–Crippen MR) is 55.0 cm³/mol. The van der Waals surface area contributed by atoms with Gasteiger partial charge in [-0.25, -0.2) is 4.39 Å². The van der Waals surface area contributed by atoms with Crippen LogP contribution >= 0.6 is 15.9 Å². The molecule has 0 unspecified atom stereocenters. The molecule has 0 fully saturated rings. The number of hydrogen-bond acceptors (Lipinski definition) is 3. The lowest BCUT2D eigenvalue weighted by molar-refractivity contribution is 0.111. The molecular formula is C10H5BrFNO2. The van der Waals surface area contributed by atoms with E-state index in [4.69, 9.17) is 4.52 Å². The minimum atomic E-state index is -0.329. The molecule has 3 nitrogen and oxygen atoms in total. The summed E-state index contributed by atoms with van der Waals surface area (Å²) >= 11 is 3.19. The van der Waals surface area contributed by atoms with Gasteiger partial charge in [-0.05, 0) is 40.2 Å². The Bertz CT molecular complexity index is 493. The Morgan fingerprint density at radius 3 is 2.53 bits per heavy atom. The molecule has 0 aliphatic carbocycles. The first-order chi connectivity index (χ1) is 7.22. The zero-order valence-electron chi connectivity index (χ0n) is 7.41. The molecule has 0 spiro atoms. The summed E-state index contributed by atoms with van der Waals surface area (Å²) in [5.41, 5.74) is 0.846. The first-order valence-electron chi connectivity index (χ1n) is 4.08. The van der Waals surface area contributed by atoms with Gasteiger partial charge in [-0.2, -0.15) is 0 Å². The van der Waals surface area contributed by atoms with Crippen molar-refractivity contribution in [2.24, 2.45) is 0 Å². The highest BCUT2D eigenvalue weighted by Crippen LogP contribution is 2.30. The molecular weight excluding hydrogens is 265 g/mol. The quantitative estimate of drug-likeness (QED) is 0.787. The SMILES string of the molecule is O=Cc1noc(-c2ccc(F)cc2)c1Br. The number of aromatic nitrogens is 1. The van der Waals surface area contributed by atoms with E-state index in [1.165, 1.54) is 12.1 Å². The van der Waals surface area contributed by atoms with Gasteiger partial charge in [0.2, 0.25) is 0 Å². The number of hydrogen-bond donors (Lipinski definition) is 0. The average Bonchev–Trinajstić information content (AvgIpc) is 2.61. The Hall–Kier alpha value is -1.49. The van der Waals surface area contributed by atoms with Gasteiger partial charge in [0.15, 0.2) is 17.7 Å². The molecule has 0 aliphatic heterocycles. The molecule has 0 aliphatic rings. The molecule has 76 valence electrons. The number of nitrogens with zero attached hydrogens (tertiary/aromatic N) is 1. The van der Waals surface area contributed by atoms with E-state index in [2.05, 4.69) is 21.1 Å². The van der Waals surface area contributed by atoms with Crippen molar-refractivity contribution in [1.82, 2.24) is 5.16 Å². The van der Waals surface area contributed by atoms with E-state index in [0.717, 1.165) is 0 Å². The van der Waals surface area contributed by atoms with Gasteiger partial charge in [0.05, 0.1) is 4.47 Å². The maximum absolute atomic E-state index is 12.7. The Morgan fingerprint density at radius 2 is 2.00 bits per heavy atom. The lowest BCUT2D eigenvalue weighted by atomic mass is 10.1. The summed E-state index contributed by atoms with van der Waals surface area (Å²) in [5, 5.41) is 3.55. The van der Waals surface area contributed by atoms with Gasteiger partial charge in [-0.15, -0.1) is 0 Å². The van der Waals surface area contributed by atoms with Gasteiger partial charge in [-0.1, -0.05) is 5.16 Å². The molecule has 0 amide bonds. The zero-order chi connectivity index (χ0) is 10.8. The maximum atomic E-state index is 12.7. The van der Waals surface area contributed by atoms with Gasteiger partial charge in [0, 0.05) is 5.56 Å². The maximum Gasteiger partial charge on any atom is 0.181 e. The van der Waals surface area contributed by atoms with E-state index in [1.807, 2.05) is 0 Å². The second kappa shape index (κ2) is 3.94. The van der Waals surface area contributed by atoms with Crippen molar-refractivity contribution in [3.63, 3.8) is 0 Å². The van der Waals surface area contributed by atoms with Crippen LogP contribution in [0.4, 0.5) is 4.39 Å². The van der Waals surface area contributed by atoms with Crippen LogP contribution in [-0.2, 0) is 0 Å². The highest BCUT2D eigenvalue weighted by atomic mass is 79.9. The normalized spacial score (nSPS) is 10.3. The van der Waals surface area contributed by atoms with E-state index in [-0.39, 0.29) is 11.5 Å². The van der Waals surface area contributed by atoms with E-state index in [1.54, 1.807) is 12.1 Å². The Morgan fingerprint density at radius 1 is 1.33 bits per heavy atom. The minimum absolute atomic E-state index is 0.189. The first-order valence-corrected chi connectivity index (χ1v) is 4.88. The average molecular weight is 270 g/mol. The molecule has 15 heavy (non-hydrogen) atoms. The Balaban J connectivity index is 2.49. The van der Waals surface area contributed by atoms with E-state index >= 15 is 0 Å². The van der Waals surface area contributed by atoms with Crippen molar-refractivity contribution in [2.45, 2.75) is 0 Å². The predicted octanol–water partition coefficient (Wildman–Crippen LogP) is 3.06. The fourth-order valence-corrected chi connectivity index (χ4v) is 1.61. The van der Waals surface area contributed by atoms with E-state index < -0.39 is 0 Å². The molecule has 1 aromatic carbocycles. The van der Waals surface area contributed by atoms with Gasteiger partial charge in [0.1, 0.15) is 5.82 Å². The monoisotopic (exact) mass is 269 g/mol. The number of carbonyl (C=O) groups is 1. The molecule has 0 saturated heterocycles. The second-order valence-corrected chi connectivity index (χ2v) is 3.63. The smallest absolute Gasteiger partial charge is 0.181 e. The lowest BCUT2D eigenvalue weighted by Crippen LogP contribution is -1.79. The summed E-state index contributed by atoms with van der Waals surface area (Å²) in [6.45, 7) is 0. The van der Waals surface area contributed by atoms with Crippen LogP contribution in [0.1, 0.15) is 10.5 Å². The molecule has 5 heteroatoms. The van der Waals surface area contributed by atoms with Crippen LogP contribution in [0.5, 0.6) is 0 Å². The van der Waals surface area contributed by atoms with Crippen molar-refractivity contribution < 1.29 is 13.7 Å². The van der Waals surface area contributed by atoms with Crippen LogP contribution in [0.15, 0.2) is 33.3 Å². The molecule has 0 radical (unpaired) electrons. The van der Waals surface area contributed by atoms with Crippen LogP contribution in [0.3, 0.4) is 0 Å². The third kappa shape index (κ3) is 1.83. The third-order valence-corrected chi connectivity index (χ3v) is 2.64. The van der Waals surface area contributed by atoms with Crippen molar-refractivity contribution in [2.75, 3.05) is 0 Å². The number of carbonyl (C=O) groups excluding carboxylic acids is 1. The van der Waals surface area contributed by atoms with Crippen LogP contribution in [0, 0.1) is 5.82 Å². The fourth-order valence-electron chi connectivity index (χ4n) is 1.15. The molecule has 0 N–H and O–H groups in total. The molecule has 2 rings (SSSR count). The van der Waals surface area contributed by atoms with Crippen molar-refractivity contribution in [1.29, 1.82) is 0 Å². The lowest BCUT2D eigenvalue weighted by Gasteiger charge is -1.95. The summed E-state index contributed by atoms with van der Waals surface area (Å²) in [6.07, 6.45) is 0.584. The molecule has 0 saturated carbocycles. The van der Waals surface area contributed by atoms with Crippen LogP contribution in [-0.4, -0.2) is 11.4 Å². The van der Waals surface area contributed by atoms with E-state index in [9.17, 15) is 9.18 Å². The summed E-state index contributed by atoms with van der Waals surface area (Å²) in [6, 6.07) is 5.72. The zero-order valence-corrected chi connectivity index (χ0v) is 8.99. The largest absolute Gasteiger partial charge is 0.354 e. The second-order valence-electron chi connectivity index (χ2n) is 2.84. The summed E-state index contributed by atoms with van der Waals surface area (Å²) in [7, 11) is 0. The highest BCUT2D eigenvalue weighted by Gasteiger charge is 2.14. The van der Waals surface area contributed by atoms with Crippen molar-refractivity contribution in [3.05, 3.63) is 40.2 Å². The van der Waals surface area contributed by atoms with Crippen molar-refractivity contribution >= 4 is 22.2 Å². The molecule has 0 atom stereocenters. The van der Waals surface area contributed by atoms with E-state index in [0.29, 0.717) is 22.1 Å². The summed E-state index contributed by atoms with van der Waals surface area (Å²) < 4.78 is 18.1. The Labute approximate surface area is 93.0 Å². The van der Waals surface area contributed by atoms with Gasteiger partial charge in [-0.3, -0.25) is 4.79 Å². The van der Waals surface area contributed by atoms with Gasteiger partial charge >= 0.3 is 0 Å². The first kappa shape index (κ1) is 10.0. The Kier molecular flexibility index (Phi) is 2.64. The summed E-state index contributed by atoms with van der Waals surface area (Å²) in [4.78, 5) is 10.5. The topological polar surface area (TPSA) is 43.1 Å². The summed E-state index contributed by atoms with van der Waals surface area (Å²) in [5.74, 6) is 0.0853. The van der Waals surface area contributed by atoms with Crippen LogP contribution < -0.4 is 0 Å². The number of aldehydes is 1. The van der Waals surface area contributed by atoms with Crippen LogP contribution in [0.25, 0.3) is 11.3 Å². The molecule has 1 aromatic heterocycles. The van der Waals surface area contributed by atoms with Crippen molar-refractivity contribution in [3.8, 4) is 11.3 Å². The molecule has 1 heterocycles. The third-order valence-electron chi connectivity index (χ3n) is 1.88. The van der Waals surface area contributed by atoms with Crippen LogP contribution in [0.2, 0.25) is 0 Å². The molecule has 2 aromatic rings. The standard InChI is InChI=1S/C10H5BrFNO2/c11-9-8(5-14)13-15-10(9)6-1-3-7(12)4-2-6/h1-5H.